The third-order valence-electron chi connectivity index (χ3n) is 2.88. The average Bonchev–Trinajstić information content (AvgIpc) is 2.65. The molecule has 0 aromatic heterocycles. The van der Waals surface area contributed by atoms with Gasteiger partial charge in [-0.3, -0.25) is 0 Å². The molecule has 1 spiro atoms. The van der Waals surface area contributed by atoms with E-state index in [1.807, 2.05) is 13.8 Å². The highest BCUT2D eigenvalue weighted by molar-refractivity contribution is 5.15. The molecule has 2 unspecified atom stereocenters. The van der Waals surface area contributed by atoms with E-state index in [4.69, 9.17) is 4.74 Å². The molecule has 0 radical (unpaired) electrons. The molecule has 1 aliphatic carbocycles. The molecular formula is C12H22O. The number of hydrogen-bond donors (Lipinski definition) is 0. The second-order valence-electron chi connectivity index (χ2n) is 4.08. The normalized spacial score (nSPS) is 37.2. The molecule has 2 rings (SSSR count). The van der Waals surface area contributed by atoms with Crippen molar-refractivity contribution in [2.75, 3.05) is 0 Å². The van der Waals surface area contributed by atoms with Crippen LogP contribution < -0.4 is 0 Å². The summed E-state index contributed by atoms with van der Waals surface area (Å²) >= 11 is 0. The summed E-state index contributed by atoms with van der Waals surface area (Å²) in [6.07, 6.45) is 7.68. The summed E-state index contributed by atoms with van der Waals surface area (Å²) in [5.74, 6) is 0. The smallest absolute Gasteiger partial charge is 0.0758 e. The topological polar surface area (TPSA) is 9.23 Å². The average molecular weight is 182 g/mol. The lowest BCUT2D eigenvalue weighted by Crippen LogP contribution is -2.24. The number of ether oxygens (including phenoxy) is 1. The van der Waals surface area contributed by atoms with E-state index in [9.17, 15) is 0 Å². The van der Waals surface area contributed by atoms with Gasteiger partial charge in [0.1, 0.15) is 0 Å². The molecule has 1 fully saturated rings. The summed E-state index contributed by atoms with van der Waals surface area (Å²) in [4.78, 5) is 0. The van der Waals surface area contributed by atoms with Gasteiger partial charge in [0.2, 0.25) is 0 Å². The molecular weight excluding hydrogens is 160 g/mol. The Bertz CT molecular complexity index is 195. The third-order valence-corrected chi connectivity index (χ3v) is 2.88. The lowest BCUT2D eigenvalue weighted by molar-refractivity contribution is -0.0255. The van der Waals surface area contributed by atoms with Crippen LogP contribution >= 0.6 is 0 Å². The third kappa shape index (κ3) is 2.34. The molecule has 76 valence electrons. The van der Waals surface area contributed by atoms with E-state index in [0.29, 0.717) is 6.10 Å². The molecule has 0 N–H and O–H groups in total. The molecule has 0 saturated carbocycles. The molecule has 2 atom stereocenters. The zero-order valence-corrected chi connectivity index (χ0v) is 9.39. The Morgan fingerprint density at radius 2 is 2.15 bits per heavy atom. The zero-order valence-electron chi connectivity index (χ0n) is 9.39. The van der Waals surface area contributed by atoms with E-state index in [-0.39, 0.29) is 5.60 Å². The van der Waals surface area contributed by atoms with E-state index in [1.54, 1.807) is 0 Å². The first kappa shape index (κ1) is 10.8. The van der Waals surface area contributed by atoms with E-state index in [2.05, 4.69) is 19.9 Å². The lowest BCUT2D eigenvalue weighted by atomic mass is 9.96. The first-order valence-corrected chi connectivity index (χ1v) is 5.54. The number of rotatable bonds is 0. The minimum atomic E-state index is 0.240. The van der Waals surface area contributed by atoms with Crippen LogP contribution in [-0.4, -0.2) is 11.7 Å². The van der Waals surface area contributed by atoms with Crippen molar-refractivity contribution >= 4 is 0 Å². The van der Waals surface area contributed by atoms with Gasteiger partial charge in [0.15, 0.2) is 0 Å². The zero-order chi connectivity index (χ0) is 9.90. The number of hydrogen-bond acceptors (Lipinski definition) is 1. The predicted molar refractivity (Wildman–Crippen MR) is 56.9 cm³/mol. The van der Waals surface area contributed by atoms with Crippen LogP contribution in [0.3, 0.4) is 0 Å². The Balaban J connectivity index is 0.000000396. The Morgan fingerprint density at radius 3 is 2.54 bits per heavy atom. The molecule has 1 saturated heterocycles. The maximum Gasteiger partial charge on any atom is 0.0758 e. The van der Waals surface area contributed by atoms with Gasteiger partial charge in [0.05, 0.1) is 11.7 Å². The highest BCUT2D eigenvalue weighted by atomic mass is 16.5. The van der Waals surface area contributed by atoms with Gasteiger partial charge >= 0.3 is 0 Å². The molecule has 1 heterocycles. The van der Waals surface area contributed by atoms with Gasteiger partial charge in [-0.2, -0.15) is 0 Å². The molecule has 2 aliphatic rings. The van der Waals surface area contributed by atoms with E-state index < -0.39 is 0 Å². The monoisotopic (exact) mass is 182 g/mol. The quantitative estimate of drug-likeness (QED) is 0.519. The summed E-state index contributed by atoms with van der Waals surface area (Å²) < 4.78 is 5.93. The van der Waals surface area contributed by atoms with Crippen molar-refractivity contribution in [3.05, 3.63) is 11.6 Å². The summed E-state index contributed by atoms with van der Waals surface area (Å²) in [5.41, 5.74) is 1.75. The lowest BCUT2D eigenvalue weighted by Gasteiger charge is -2.23. The molecule has 0 aromatic rings. The van der Waals surface area contributed by atoms with Crippen molar-refractivity contribution in [2.24, 2.45) is 0 Å². The van der Waals surface area contributed by atoms with E-state index in [1.165, 1.54) is 24.8 Å². The van der Waals surface area contributed by atoms with Crippen LogP contribution in [0.2, 0.25) is 0 Å². The Kier molecular flexibility index (Phi) is 3.55. The van der Waals surface area contributed by atoms with Gasteiger partial charge in [0.25, 0.3) is 0 Å². The van der Waals surface area contributed by atoms with Gasteiger partial charge in [-0.1, -0.05) is 25.5 Å². The fourth-order valence-corrected chi connectivity index (χ4v) is 2.30. The van der Waals surface area contributed by atoms with Gasteiger partial charge in [-0.05, 0) is 39.5 Å². The van der Waals surface area contributed by atoms with Crippen molar-refractivity contribution in [3.8, 4) is 0 Å². The fraction of sp³-hybridized carbons (Fsp3) is 0.833. The highest BCUT2D eigenvalue weighted by Crippen LogP contribution is 2.42. The van der Waals surface area contributed by atoms with Gasteiger partial charge in [0, 0.05) is 0 Å². The minimum absolute atomic E-state index is 0.240. The fourth-order valence-electron chi connectivity index (χ4n) is 2.30. The molecule has 1 heteroatoms. The molecule has 0 bridgehead atoms. The summed E-state index contributed by atoms with van der Waals surface area (Å²) in [5, 5.41) is 0. The Morgan fingerprint density at radius 1 is 1.46 bits per heavy atom. The summed E-state index contributed by atoms with van der Waals surface area (Å²) in [7, 11) is 0. The predicted octanol–water partition coefficient (Wildman–Crippen LogP) is 3.69. The van der Waals surface area contributed by atoms with Crippen LogP contribution in [0.1, 0.15) is 53.4 Å². The van der Waals surface area contributed by atoms with Crippen LogP contribution in [-0.2, 0) is 4.74 Å². The van der Waals surface area contributed by atoms with Crippen molar-refractivity contribution < 1.29 is 4.74 Å². The molecule has 0 aromatic carbocycles. The van der Waals surface area contributed by atoms with Crippen LogP contribution in [0.4, 0.5) is 0 Å². The standard InChI is InChI=1S/C10H16O.C2H6/c1-8-3-5-10(7-8)6-4-9(2)11-10;1-2/h3,9H,4-7H2,1-2H3;1-2H3. The first-order valence-electron chi connectivity index (χ1n) is 5.54. The van der Waals surface area contributed by atoms with Crippen LogP contribution in [0, 0.1) is 0 Å². The summed E-state index contributed by atoms with van der Waals surface area (Å²) in [6.45, 7) is 8.39. The van der Waals surface area contributed by atoms with Gasteiger partial charge < -0.3 is 4.74 Å². The minimum Gasteiger partial charge on any atom is -0.371 e. The largest absolute Gasteiger partial charge is 0.371 e. The van der Waals surface area contributed by atoms with Crippen molar-refractivity contribution in [3.63, 3.8) is 0 Å². The maximum absolute atomic E-state index is 5.93. The molecule has 1 aliphatic heterocycles. The SMILES string of the molecule is CC.CC1=CCC2(CCC(C)O2)C1. The highest BCUT2D eigenvalue weighted by Gasteiger charge is 2.40. The molecule has 1 nitrogen and oxygen atoms in total. The van der Waals surface area contributed by atoms with Crippen molar-refractivity contribution in [1.82, 2.24) is 0 Å². The first-order chi connectivity index (χ1) is 6.20. The van der Waals surface area contributed by atoms with Crippen molar-refractivity contribution in [2.45, 2.75) is 65.1 Å². The van der Waals surface area contributed by atoms with Gasteiger partial charge in [-0.15, -0.1) is 0 Å². The van der Waals surface area contributed by atoms with Crippen LogP contribution in [0.15, 0.2) is 11.6 Å². The Labute approximate surface area is 82.2 Å². The molecule has 0 amide bonds. The summed E-state index contributed by atoms with van der Waals surface area (Å²) in [6, 6.07) is 0. The molecule has 13 heavy (non-hydrogen) atoms. The van der Waals surface area contributed by atoms with Gasteiger partial charge in [-0.25, -0.2) is 0 Å². The van der Waals surface area contributed by atoms with E-state index >= 15 is 0 Å². The van der Waals surface area contributed by atoms with Crippen LogP contribution in [0.25, 0.3) is 0 Å². The second kappa shape index (κ2) is 4.28. The van der Waals surface area contributed by atoms with E-state index in [0.717, 1.165) is 6.42 Å². The van der Waals surface area contributed by atoms with Crippen LogP contribution in [0.5, 0.6) is 0 Å². The van der Waals surface area contributed by atoms with Crippen molar-refractivity contribution in [1.29, 1.82) is 0 Å². The second-order valence-corrected chi connectivity index (χ2v) is 4.08. The Hall–Kier alpha value is -0.300. The maximum atomic E-state index is 5.93.